The maximum atomic E-state index is 12.4. The van der Waals surface area contributed by atoms with Crippen molar-refractivity contribution in [2.24, 2.45) is 5.92 Å². The average molecular weight is 272 g/mol. The second-order valence-electron chi connectivity index (χ2n) is 5.59. The topological polar surface area (TPSA) is 49.4 Å². The zero-order chi connectivity index (χ0) is 13.9. The molecule has 0 spiro atoms. The van der Waals surface area contributed by atoms with Crippen LogP contribution in [0.25, 0.3) is 0 Å². The molecule has 2 unspecified atom stereocenters. The summed E-state index contributed by atoms with van der Waals surface area (Å²) in [5.74, 6) is 0.199. The first-order valence-corrected chi connectivity index (χ1v) is 7.66. The predicted molar refractivity (Wildman–Crippen MR) is 75.6 cm³/mol. The maximum absolute atomic E-state index is 12.4. The van der Waals surface area contributed by atoms with E-state index in [1.807, 2.05) is 20.1 Å². The molecule has 1 heterocycles. The summed E-state index contributed by atoms with van der Waals surface area (Å²) in [6.45, 7) is 9.04. The number of piperazine rings is 1. The van der Waals surface area contributed by atoms with Crippen molar-refractivity contribution in [1.82, 2.24) is 10.2 Å². The van der Waals surface area contributed by atoms with Gasteiger partial charge in [0.05, 0.1) is 6.54 Å². The third kappa shape index (κ3) is 3.64. The number of carbonyl (C=O) groups excluding carboxylic acids is 2. The maximum Gasteiger partial charge on any atom is 0.245 e. The van der Waals surface area contributed by atoms with Crippen molar-refractivity contribution in [1.29, 1.82) is 0 Å². The van der Waals surface area contributed by atoms with Crippen LogP contribution in [0.4, 0.5) is 0 Å². The predicted octanol–water partition coefficient (Wildman–Crippen LogP) is 1.50. The lowest BCUT2D eigenvalue weighted by molar-refractivity contribution is -0.146. The number of carbonyl (C=O) groups is 2. The van der Waals surface area contributed by atoms with Gasteiger partial charge in [0.1, 0.15) is 6.04 Å². The Morgan fingerprint density at radius 3 is 2.61 bits per heavy atom. The van der Waals surface area contributed by atoms with Gasteiger partial charge in [0.15, 0.2) is 0 Å². The highest BCUT2D eigenvalue weighted by Crippen LogP contribution is 2.24. The van der Waals surface area contributed by atoms with E-state index in [1.165, 1.54) is 0 Å². The highest BCUT2D eigenvalue weighted by Gasteiger charge is 2.37. The molecule has 5 heteroatoms. The molecule has 1 fully saturated rings. The van der Waals surface area contributed by atoms with Gasteiger partial charge in [-0.25, -0.2) is 0 Å². The fraction of sp³-hybridized carbons (Fsp3) is 0.846. The summed E-state index contributed by atoms with van der Waals surface area (Å²) in [5, 5.41) is 2.81. The van der Waals surface area contributed by atoms with Gasteiger partial charge in [0.2, 0.25) is 11.8 Å². The van der Waals surface area contributed by atoms with Gasteiger partial charge in [-0.1, -0.05) is 20.3 Å². The second kappa shape index (κ2) is 5.95. The van der Waals surface area contributed by atoms with Crippen LogP contribution in [-0.4, -0.2) is 46.8 Å². The zero-order valence-electron chi connectivity index (χ0n) is 11.9. The highest BCUT2D eigenvalue weighted by atomic mass is 32.2. The fourth-order valence-electron chi connectivity index (χ4n) is 2.01. The van der Waals surface area contributed by atoms with Crippen molar-refractivity contribution < 1.29 is 9.59 Å². The van der Waals surface area contributed by atoms with Crippen LogP contribution < -0.4 is 5.32 Å². The molecule has 0 aromatic heterocycles. The first-order valence-electron chi connectivity index (χ1n) is 6.44. The summed E-state index contributed by atoms with van der Waals surface area (Å²) in [6, 6.07) is -0.353. The Bertz CT molecular complexity index is 331. The van der Waals surface area contributed by atoms with Gasteiger partial charge >= 0.3 is 0 Å². The standard InChI is InChI=1S/C13H24N2O2S/c1-6-9(2)11-12(17)15(7-10(16)14-11)8-13(3,4)18-5/h9,11H,6-8H2,1-5H3,(H,14,16). The van der Waals surface area contributed by atoms with Gasteiger partial charge in [-0.2, -0.15) is 11.8 Å². The number of hydrogen-bond donors (Lipinski definition) is 1. The van der Waals surface area contributed by atoms with Crippen LogP contribution in [0.3, 0.4) is 0 Å². The van der Waals surface area contributed by atoms with Crippen molar-refractivity contribution in [3.05, 3.63) is 0 Å². The van der Waals surface area contributed by atoms with E-state index in [4.69, 9.17) is 0 Å². The molecule has 2 amide bonds. The van der Waals surface area contributed by atoms with Crippen LogP contribution >= 0.6 is 11.8 Å². The average Bonchev–Trinajstić information content (AvgIpc) is 2.32. The number of rotatable bonds is 5. The molecule has 1 N–H and O–H groups in total. The third-order valence-electron chi connectivity index (χ3n) is 3.57. The van der Waals surface area contributed by atoms with E-state index in [0.29, 0.717) is 6.54 Å². The van der Waals surface area contributed by atoms with Gasteiger partial charge in [-0.3, -0.25) is 9.59 Å². The minimum Gasteiger partial charge on any atom is -0.342 e. The molecule has 2 atom stereocenters. The molecule has 4 nitrogen and oxygen atoms in total. The summed E-state index contributed by atoms with van der Waals surface area (Å²) in [5.41, 5.74) is 0. The molecule has 1 saturated heterocycles. The van der Waals surface area contributed by atoms with Crippen molar-refractivity contribution in [3.8, 4) is 0 Å². The van der Waals surface area contributed by atoms with Gasteiger partial charge in [-0.15, -0.1) is 0 Å². The Labute approximate surface area is 114 Å². The van der Waals surface area contributed by atoms with E-state index in [-0.39, 0.29) is 35.1 Å². The van der Waals surface area contributed by atoms with Crippen molar-refractivity contribution in [3.63, 3.8) is 0 Å². The lowest BCUT2D eigenvalue weighted by Crippen LogP contribution is -2.61. The third-order valence-corrected chi connectivity index (χ3v) is 4.80. The number of hydrogen-bond acceptors (Lipinski definition) is 3. The van der Waals surface area contributed by atoms with Crippen LogP contribution in [0, 0.1) is 5.92 Å². The number of thioether (sulfide) groups is 1. The molecular weight excluding hydrogens is 248 g/mol. The minimum atomic E-state index is -0.353. The van der Waals surface area contributed by atoms with Crippen molar-refractivity contribution in [2.75, 3.05) is 19.3 Å². The van der Waals surface area contributed by atoms with Crippen molar-refractivity contribution in [2.45, 2.75) is 44.9 Å². The molecule has 104 valence electrons. The summed E-state index contributed by atoms with van der Waals surface area (Å²) in [6.07, 6.45) is 2.91. The van der Waals surface area contributed by atoms with Crippen LogP contribution in [0.2, 0.25) is 0 Å². The number of nitrogens with zero attached hydrogens (tertiary/aromatic N) is 1. The van der Waals surface area contributed by atoms with Crippen LogP contribution in [0.15, 0.2) is 0 Å². The molecule has 1 rings (SSSR count). The van der Waals surface area contributed by atoms with Crippen LogP contribution in [0.1, 0.15) is 34.1 Å². The Morgan fingerprint density at radius 1 is 1.50 bits per heavy atom. The molecule has 0 saturated carbocycles. The molecule has 0 aliphatic carbocycles. The summed E-state index contributed by atoms with van der Waals surface area (Å²) < 4.78 is -0.0206. The Kier molecular flexibility index (Phi) is 5.08. The molecule has 1 aliphatic rings. The van der Waals surface area contributed by atoms with Gasteiger partial charge in [-0.05, 0) is 26.0 Å². The fourth-order valence-corrected chi connectivity index (χ4v) is 2.29. The molecule has 0 radical (unpaired) electrons. The van der Waals surface area contributed by atoms with E-state index >= 15 is 0 Å². The normalized spacial score (nSPS) is 22.9. The first-order chi connectivity index (χ1) is 8.30. The largest absolute Gasteiger partial charge is 0.342 e. The number of amides is 2. The zero-order valence-corrected chi connectivity index (χ0v) is 12.8. The summed E-state index contributed by atoms with van der Waals surface area (Å²) in [4.78, 5) is 25.8. The van der Waals surface area contributed by atoms with E-state index in [0.717, 1.165) is 6.42 Å². The quantitative estimate of drug-likeness (QED) is 0.825. The van der Waals surface area contributed by atoms with Gasteiger partial charge < -0.3 is 10.2 Å². The Balaban J connectivity index is 2.80. The molecule has 0 aromatic rings. The Morgan fingerprint density at radius 2 is 2.11 bits per heavy atom. The summed E-state index contributed by atoms with van der Waals surface area (Å²) in [7, 11) is 0. The van der Waals surface area contributed by atoms with Crippen LogP contribution in [-0.2, 0) is 9.59 Å². The smallest absolute Gasteiger partial charge is 0.245 e. The first kappa shape index (κ1) is 15.3. The molecule has 0 aromatic carbocycles. The highest BCUT2D eigenvalue weighted by molar-refractivity contribution is 7.99. The SMILES string of the molecule is CCC(C)C1NC(=O)CN(CC(C)(C)SC)C1=O. The van der Waals surface area contributed by atoms with Crippen molar-refractivity contribution >= 4 is 23.6 Å². The van der Waals surface area contributed by atoms with E-state index < -0.39 is 0 Å². The van der Waals surface area contributed by atoms with Gasteiger partial charge in [0.25, 0.3) is 0 Å². The molecule has 18 heavy (non-hydrogen) atoms. The monoisotopic (exact) mass is 272 g/mol. The van der Waals surface area contributed by atoms with E-state index in [9.17, 15) is 9.59 Å². The second-order valence-corrected chi connectivity index (χ2v) is 7.10. The minimum absolute atomic E-state index is 0.0206. The molecular formula is C13H24N2O2S. The molecule has 1 aliphatic heterocycles. The Hall–Kier alpha value is -0.710. The lowest BCUT2D eigenvalue weighted by Gasteiger charge is -2.38. The molecule has 0 bridgehead atoms. The number of nitrogens with one attached hydrogen (secondary N) is 1. The lowest BCUT2D eigenvalue weighted by atomic mass is 9.95. The van der Waals surface area contributed by atoms with E-state index in [1.54, 1.807) is 16.7 Å². The van der Waals surface area contributed by atoms with E-state index in [2.05, 4.69) is 19.2 Å². The van der Waals surface area contributed by atoms with Gasteiger partial charge in [0, 0.05) is 11.3 Å². The van der Waals surface area contributed by atoms with Crippen LogP contribution in [0.5, 0.6) is 0 Å². The summed E-state index contributed by atoms with van der Waals surface area (Å²) >= 11 is 1.71.